The zero-order valence-electron chi connectivity index (χ0n) is 13.2. The summed E-state index contributed by atoms with van der Waals surface area (Å²) in [5, 5.41) is 0.680. The summed E-state index contributed by atoms with van der Waals surface area (Å²) in [5.41, 5.74) is 2.32. The average molecular weight is 328 g/mol. The van der Waals surface area contributed by atoms with E-state index in [1.54, 1.807) is 0 Å². The fraction of sp³-hybridized carbons (Fsp3) is 0.350. The maximum absolute atomic E-state index is 12.5. The van der Waals surface area contributed by atoms with E-state index in [9.17, 15) is 4.79 Å². The number of likely N-dealkylation sites (tertiary alicyclic amines) is 1. The minimum atomic E-state index is 0.191. The van der Waals surface area contributed by atoms with Gasteiger partial charge in [-0.25, -0.2) is 0 Å². The minimum absolute atomic E-state index is 0.191. The van der Waals surface area contributed by atoms with Gasteiger partial charge in [-0.05, 0) is 42.4 Å². The van der Waals surface area contributed by atoms with Gasteiger partial charge in [-0.15, -0.1) is 0 Å². The van der Waals surface area contributed by atoms with Crippen molar-refractivity contribution in [3.05, 3.63) is 70.7 Å². The first kappa shape index (κ1) is 16.1. The van der Waals surface area contributed by atoms with Crippen LogP contribution in [0.4, 0.5) is 0 Å². The average Bonchev–Trinajstić information content (AvgIpc) is 2.58. The molecule has 1 amide bonds. The number of rotatable bonds is 4. The number of nitrogens with zero attached hydrogens (tertiary/aromatic N) is 1. The summed E-state index contributed by atoms with van der Waals surface area (Å²) in [6.45, 7) is 1.72. The van der Waals surface area contributed by atoms with Crippen LogP contribution in [0.25, 0.3) is 0 Å². The van der Waals surface area contributed by atoms with Crippen LogP contribution < -0.4 is 0 Å². The van der Waals surface area contributed by atoms with E-state index < -0.39 is 0 Å². The normalized spacial score (nSPS) is 15.6. The molecule has 0 radical (unpaired) electrons. The van der Waals surface area contributed by atoms with Crippen LogP contribution in [0.5, 0.6) is 0 Å². The van der Waals surface area contributed by atoms with Crippen LogP contribution >= 0.6 is 11.6 Å². The van der Waals surface area contributed by atoms with E-state index >= 15 is 0 Å². The summed E-state index contributed by atoms with van der Waals surface area (Å²) in [6, 6.07) is 18.2. The van der Waals surface area contributed by atoms with Gasteiger partial charge < -0.3 is 4.90 Å². The molecule has 1 aliphatic heterocycles. The van der Waals surface area contributed by atoms with Gasteiger partial charge in [0.15, 0.2) is 0 Å². The molecule has 0 bridgehead atoms. The zero-order chi connectivity index (χ0) is 16.1. The molecule has 3 heteroatoms. The van der Waals surface area contributed by atoms with E-state index in [-0.39, 0.29) is 5.91 Å². The first-order valence-electron chi connectivity index (χ1n) is 8.27. The molecule has 2 aromatic carbocycles. The van der Waals surface area contributed by atoms with Crippen molar-refractivity contribution >= 4 is 17.5 Å². The number of carbonyl (C=O) groups excluding carboxylic acids is 1. The molecule has 0 atom stereocenters. The molecule has 1 heterocycles. The van der Waals surface area contributed by atoms with Gasteiger partial charge in [0.25, 0.3) is 0 Å². The highest BCUT2D eigenvalue weighted by molar-refractivity contribution is 6.31. The summed E-state index contributed by atoms with van der Waals surface area (Å²) in [7, 11) is 0. The van der Waals surface area contributed by atoms with Crippen LogP contribution in [-0.4, -0.2) is 23.9 Å². The molecule has 0 saturated carbocycles. The van der Waals surface area contributed by atoms with Crippen LogP contribution in [0, 0.1) is 5.92 Å². The summed E-state index contributed by atoms with van der Waals surface area (Å²) in [5.74, 6) is 0.873. The predicted molar refractivity (Wildman–Crippen MR) is 94.6 cm³/mol. The molecule has 1 aliphatic rings. The van der Waals surface area contributed by atoms with Gasteiger partial charge in [0.05, 0.1) is 6.42 Å². The van der Waals surface area contributed by atoms with Crippen molar-refractivity contribution in [2.75, 3.05) is 13.1 Å². The molecule has 0 aromatic heterocycles. The van der Waals surface area contributed by atoms with Crippen LogP contribution in [0.2, 0.25) is 5.02 Å². The number of halogens is 1. The number of benzene rings is 2. The molecule has 23 heavy (non-hydrogen) atoms. The van der Waals surface area contributed by atoms with Crippen molar-refractivity contribution in [2.45, 2.75) is 25.7 Å². The summed E-state index contributed by atoms with van der Waals surface area (Å²) >= 11 is 6.15. The van der Waals surface area contributed by atoms with E-state index in [0.717, 1.165) is 37.9 Å². The lowest BCUT2D eigenvalue weighted by molar-refractivity contribution is -0.131. The molecular weight excluding hydrogens is 306 g/mol. The standard InChI is InChI=1S/C20H22ClNO/c21-19-9-5-4-8-18(19)15-20(23)22-12-10-17(11-13-22)14-16-6-2-1-3-7-16/h1-9,17H,10-15H2. The summed E-state index contributed by atoms with van der Waals surface area (Å²) < 4.78 is 0. The Balaban J connectivity index is 1.50. The van der Waals surface area contributed by atoms with Gasteiger partial charge in [0.1, 0.15) is 0 Å². The Kier molecular flexibility index (Phi) is 5.35. The zero-order valence-corrected chi connectivity index (χ0v) is 14.0. The summed E-state index contributed by atoms with van der Waals surface area (Å²) in [4.78, 5) is 14.4. The topological polar surface area (TPSA) is 20.3 Å². The Bertz CT molecular complexity index is 648. The molecule has 1 saturated heterocycles. The van der Waals surface area contributed by atoms with Crippen molar-refractivity contribution < 1.29 is 4.79 Å². The molecule has 2 nitrogen and oxygen atoms in total. The molecule has 0 N–H and O–H groups in total. The van der Waals surface area contributed by atoms with Crippen LogP contribution in [-0.2, 0) is 17.6 Å². The van der Waals surface area contributed by atoms with Gasteiger partial charge >= 0.3 is 0 Å². The van der Waals surface area contributed by atoms with Gasteiger partial charge in [-0.3, -0.25) is 4.79 Å². The summed E-state index contributed by atoms with van der Waals surface area (Å²) in [6.07, 6.45) is 3.70. The van der Waals surface area contributed by atoms with Crippen LogP contribution in [0.3, 0.4) is 0 Å². The quantitative estimate of drug-likeness (QED) is 0.817. The highest BCUT2D eigenvalue weighted by Gasteiger charge is 2.23. The number of carbonyl (C=O) groups is 1. The largest absolute Gasteiger partial charge is 0.342 e. The fourth-order valence-corrected chi connectivity index (χ4v) is 3.45. The Labute approximate surface area is 143 Å². The van der Waals surface area contributed by atoms with E-state index in [2.05, 4.69) is 30.3 Å². The second kappa shape index (κ2) is 7.65. The lowest BCUT2D eigenvalue weighted by atomic mass is 9.90. The van der Waals surface area contributed by atoms with Gasteiger partial charge in [0.2, 0.25) is 5.91 Å². The number of hydrogen-bond donors (Lipinski definition) is 0. The highest BCUT2D eigenvalue weighted by atomic mass is 35.5. The van der Waals surface area contributed by atoms with Crippen LogP contribution in [0.15, 0.2) is 54.6 Å². The van der Waals surface area contributed by atoms with Crippen LogP contribution in [0.1, 0.15) is 24.0 Å². The molecular formula is C20H22ClNO. The second-order valence-corrected chi connectivity index (χ2v) is 6.69. The predicted octanol–water partition coefficient (Wildman–Crippen LogP) is 4.36. The number of hydrogen-bond acceptors (Lipinski definition) is 1. The molecule has 0 spiro atoms. The van der Waals surface area contributed by atoms with Gasteiger partial charge in [0, 0.05) is 18.1 Å². The van der Waals surface area contributed by atoms with E-state index in [1.807, 2.05) is 29.2 Å². The Morgan fingerprint density at radius 1 is 1.00 bits per heavy atom. The smallest absolute Gasteiger partial charge is 0.227 e. The highest BCUT2D eigenvalue weighted by Crippen LogP contribution is 2.23. The SMILES string of the molecule is O=C(Cc1ccccc1Cl)N1CCC(Cc2ccccc2)CC1. The van der Waals surface area contributed by atoms with Crippen molar-refractivity contribution in [1.29, 1.82) is 0 Å². The van der Waals surface area contributed by atoms with Crippen molar-refractivity contribution in [2.24, 2.45) is 5.92 Å². The lowest BCUT2D eigenvalue weighted by Crippen LogP contribution is -2.39. The van der Waals surface area contributed by atoms with Crippen molar-refractivity contribution in [1.82, 2.24) is 4.90 Å². The molecule has 2 aromatic rings. The maximum Gasteiger partial charge on any atom is 0.227 e. The van der Waals surface area contributed by atoms with E-state index in [4.69, 9.17) is 11.6 Å². The third-order valence-electron chi connectivity index (χ3n) is 4.63. The second-order valence-electron chi connectivity index (χ2n) is 6.28. The number of piperidine rings is 1. The lowest BCUT2D eigenvalue weighted by Gasteiger charge is -2.32. The third kappa shape index (κ3) is 4.35. The Morgan fingerprint density at radius 3 is 2.35 bits per heavy atom. The third-order valence-corrected chi connectivity index (χ3v) is 5.00. The van der Waals surface area contributed by atoms with Gasteiger partial charge in [-0.1, -0.05) is 60.1 Å². The Morgan fingerprint density at radius 2 is 1.65 bits per heavy atom. The monoisotopic (exact) mass is 327 g/mol. The first-order chi connectivity index (χ1) is 11.2. The molecule has 3 rings (SSSR count). The van der Waals surface area contributed by atoms with E-state index in [1.165, 1.54) is 5.56 Å². The molecule has 0 unspecified atom stereocenters. The van der Waals surface area contributed by atoms with Crippen molar-refractivity contribution in [3.63, 3.8) is 0 Å². The minimum Gasteiger partial charge on any atom is -0.342 e. The number of amides is 1. The first-order valence-corrected chi connectivity index (χ1v) is 8.65. The Hall–Kier alpha value is -1.80. The van der Waals surface area contributed by atoms with Gasteiger partial charge in [-0.2, -0.15) is 0 Å². The maximum atomic E-state index is 12.5. The molecule has 120 valence electrons. The molecule has 0 aliphatic carbocycles. The van der Waals surface area contributed by atoms with Crippen molar-refractivity contribution in [3.8, 4) is 0 Å². The fourth-order valence-electron chi connectivity index (χ4n) is 3.25. The molecule has 1 fully saturated rings. The van der Waals surface area contributed by atoms with E-state index in [0.29, 0.717) is 17.4 Å².